The van der Waals surface area contributed by atoms with E-state index in [1.54, 1.807) is 6.92 Å². The first-order valence-electron chi connectivity index (χ1n) is 2.68. The molecule has 1 N–H and O–H groups in total. The molecule has 0 fully saturated rings. The van der Waals surface area contributed by atoms with E-state index < -0.39 is 0 Å². The Morgan fingerprint density at radius 3 is 2.67 bits per heavy atom. The van der Waals surface area contributed by atoms with E-state index in [-0.39, 0.29) is 0 Å². The zero-order valence-corrected chi connectivity index (χ0v) is 6.27. The molecule has 0 amide bonds. The molecular weight excluding hydrogens is 134 g/mol. The van der Waals surface area contributed by atoms with Gasteiger partial charge in [0.15, 0.2) is 0 Å². The predicted molar refractivity (Wildman–Crippen MR) is 39.8 cm³/mol. The van der Waals surface area contributed by atoms with Crippen LogP contribution in [0.4, 0.5) is 0 Å². The van der Waals surface area contributed by atoms with Crippen molar-refractivity contribution in [3.63, 3.8) is 0 Å². The molecule has 0 atom stereocenters. The van der Waals surface area contributed by atoms with Crippen molar-refractivity contribution in [2.75, 3.05) is 7.05 Å². The van der Waals surface area contributed by atoms with Crippen LogP contribution in [-0.2, 0) is 0 Å². The third-order valence-electron chi connectivity index (χ3n) is 1.09. The van der Waals surface area contributed by atoms with Crippen molar-refractivity contribution < 1.29 is 5.11 Å². The normalized spacial score (nSPS) is 23.1. The number of thioether (sulfide) groups is 1. The van der Waals surface area contributed by atoms with Crippen molar-refractivity contribution in [1.82, 2.24) is 4.90 Å². The van der Waals surface area contributed by atoms with Gasteiger partial charge in [-0.25, -0.2) is 0 Å². The molecule has 1 heterocycles. The van der Waals surface area contributed by atoms with Crippen LogP contribution in [0, 0.1) is 0 Å². The minimum absolute atomic E-state index is 0.382. The van der Waals surface area contributed by atoms with E-state index in [1.165, 1.54) is 11.8 Å². The zero-order chi connectivity index (χ0) is 6.85. The minimum atomic E-state index is 0.382. The van der Waals surface area contributed by atoms with Gasteiger partial charge in [-0.1, -0.05) is 11.8 Å². The summed E-state index contributed by atoms with van der Waals surface area (Å²) in [6, 6.07) is 0. The summed E-state index contributed by atoms with van der Waals surface area (Å²) in [6.07, 6.45) is 1.92. The molecule has 3 heteroatoms. The Morgan fingerprint density at radius 1 is 1.78 bits per heavy atom. The van der Waals surface area contributed by atoms with Gasteiger partial charge in [0.1, 0.15) is 10.8 Å². The average molecular weight is 143 g/mol. The molecule has 50 valence electrons. The molecule has 0 aromatic heterocycles. The van der Waals surface area contributed by atoms with Crippen molar-refractivity contribution >= 4 is 11.8 Å². The van der Waals surface area contributed by atoms with Crippen molar-refractivity contribution in [2.45, 2.75) is 6.92 Å². The molecule has 1 rings (SSSR count). The fourth-order valence-corrected chi connectivity index (χ4v) is 1.45. The molecule has 0 unspecified atom stereocenters. The molecular formula is C6H9NOS. The Labute approximate surface area is 58.9 Å². The smallest absolute Gasteiger partial charge is 0.120 e. The molecule has 9 heavy (non-hydrogen) atoms. The van der Waals surface area contributed by atoms with Gasteiger partial charge >= 0.3 is 0 Å². The SMILES string of the molecule is C/C(O)=C1\SC=CN1C. The Kier molecular flexibility index (Phi) is 1.71. The van der Waals surface area contributed by atoms with E-state index in [1.807, 2.05) is 23.6 Å². The minimum Gasteiger partial charge on any atom is -0.510 e. The van der Waals surface area contributed by atoms with E-state index >= 15 is 0 Å². The highest BCUT2D eigenvalue weighted by atomic mass is 32.2. The van der Waals surface area contributed by atoms with Crippen LogP contribution in [0.15, 0.2) is 22.4 Å². The van der Waals surface area contributed by atoms with Gasteiger partial charge in [-0.3, -0.25) is 0 Å². The summed E-state index contributed by atoms with van der Waals surface area (Å²) in [5, 5.41) is 11.9. The third-order valence-corrected chi connectivity index (χ3v) is 2.16. The average Bonchev–Trinajstić information content (AvgIpc) is 2.13. The standard InChI is InChI=1S/C6H9NOS/c1-5(8)6-7(2)3-4-9-6/h3-4,8H,1-2H3/b6-5+. The lowest BCUT2D eigenvalue weighted by molar-refractivity contribution is 0.394. The molecule has 0 saturated heterocycles. The zero-order valence-electron chi connectivity index (χ0n) is 5.46. The van der Waals surface area contributed by atoms with Crippen molar-refractivity contribution in [3.8, 4) is 0 Å². The molecule has 0 aromatic rings. The highest BCUT2D eigenvalue weighted by molar-refractivity contribution is 8.06. The van der Waals surface area contributed by atoms with E-state index in [0.29, 0.717) is 5.76 Å². The number of aliphatic hydroxyl groups is 1. The first-order chi connectivity index (χ1) is 4.22. The van der Waals surface area contributed by atoms with Crippen LogP contribution < -0.4 is 0 Å². The lowest BCUT2D eigenvalue weighted by atomic mass is 10.6. The second-order valence-electron chi connectivity index (χ2n) is 1.90. The monoisotopic (exact) mass is 143 g/mol. The molecule has 0 aliphatic carbocycles. The highest BCUT2D eigenvalue weighted by Crippen LogP contribution is 2.28. The topological polar surface area (TPSA) is 23.5 Å². The van der Waals surface area contributed by atoms with Crippen LogP contribution in [-0.4, -0.2) is 17.1 Å². The Morgan fingerprint density at radius 2 is 2.44 bits per heavy atom. The maximum atomic E-state index is 9.00. The molecule has 1 aliphatic rings. The van der Waals surface area contributed by atoms with E-state index in [0.717, 1.165) is 5.03 Å². The number of nitrogens with zero attached hydrogens (tertiary/aromatic N) is 1. The predicted octanol–water partition coefficient (Wildman–Crippen LogP) is 1.88. The van der Waals surface area contributed by atoms with Crippen molar-refractivity contribution in [1.29, 1.82) is 0 Å². The van der Waals surface area contributed by atoms with Crippen LogP contribution in [0.25, 0.3) is 0 Å². The molecule has 0 aromatic carbocycles. The Bertz CT molecular complexity index is 170. The van der Waals surface area contributed by atoms with Crippen LogP contribution in [0.2, 0.25) is 0 Å². The van der Waals surface area contributed by atoms with Crippen LogP contribution in [0.1, 0.15) is 6.92 Å². The molecule has 1 aliphatic heterocycles. The van der Waals surface area contributed by atoms with E-state index in [2.05, 4.69) is 0 Å². The number of aliphatic hydroxyl groups excluding tert-OH is 1. The van der Waals surface area contributed by atoms with Gasteiger partial charge in [-0.05, 0) is 12.3 Å². The summed E-state index contributed by atoms with van der Waals surface area (Å²) < 4.78 is 0. The quantitative estimate of drug-likeness (QED) is 0.524. The highest BCUT2D eigenvalue weighted by Gasteiger charge is 2.09. The summed E-state index contributed by atoms with van der Waals surface area (Å²) in [4.78, 5) is 1.89. The van der Waals surface area contributed by atoms with Crippen molar-refractivity contribution in [3.05, 3.63) is 22.4 Å². The lowest BCUT2D eigenvalue weighted by Gasteiger charge is -2.09. The molecule has 0 saturated carbocycles. The summed E-state index contributed by atoms with van der Waals surface area (Å²) in [6.45, 7) is 1.69. The summed E-state index contributed by atoms with van der Waals surface area (Å²) in [7, 11) is 1.91. The second kappa shape index (κ2) is 2.35. The Hall–Kier alpha value is -0.570. The summed E-state index contributed by atoms with van der Waals surface area (Å²) in [5.74, 6) is 0.382. The van der Waals surface area contributed by atoms with Gasteiger partial charge in [0.05, 0.1) is 0 Å². The fourth-order valence-electron chi connectivity index (χ4n) is 0.677. The van der Waals surface area contributed by atoms with E-state index in [9.17, 15) is 0 Å². The molecule has 2 nitrogen and oxygen atoms in total. The molecule has 0 spiro atoms. The van der Waals surface area contributed by atoms with Crippen LogP contribution >= 0.6 is 11.8 Å². The van der Waals surface area contributed by atoms with Gasteiger partial charge < -0.3 is 10.0 Å². The maximum Gasteiger partial charge on any atom is 0.120 e. The van der Waals surface area contributed by atoms with Crippen molar-refractivity contribution in [2.24, 2.45) is 0 Å². The first-order valence-corrected chi connectivity index (χ1v) is 3.56. The van der Waals surface area contributed by atoms with Gasteiger partial charge in [-0.15, -0.1) is 0 Å². The maximum absolute atomic E-state index is 9.00. The summed E-state index contributed by atoms with van der Waals surface area (Å²) >= 11 is 1.53. The fraction of sp³-hybridized carbons (Fsp3) is 0.333. The molecule has 0 radical (unpaired) electrons. The van der Waals surface area contributed by atoms with Crippen LogP contribution in [0.5, 0.6) is 0 Å². The lowest BCUT2D eigenvalue weighted by Crippen LogP contribution is -2.04. The van der Waals surface area contributed by atoms with Gasteiger partial charge in [0, 0.05) is 13.2 Å². The largest absolute Gasteiger partial charge is 0.510 e. The number of allylic oxidation sites excluding steroid dienone is 1. The Balaban J connectivity index is 2.77. The van der Waals surface area contributed by atoms with E-state index in [4.69, 9.17) is 5.11 Å². The first kappa shape index (κ1) is 6.55. The van der Waals surface area contributed by atoms with Crippen LogP contribution in [0.3, 0.4) is 0 Å². The number of hydrogen-bond donors (Lipinski definition) is 1. The molecule has 0 bridgehead atoms. The summed E-state index contributed by atoms with van der Waals surface area (Å²) in [5.41, 5.74) is 0. The number of rotatable bonds is 0. The third kappa shape index (κ3) is 1.21. The van der Waals surface area contributed by atoms with Gasteiger partial charge in [-0.2, -0.15) is 0 Å². The van der Waals surface area contributed by atoms with Gasteiger partial charge in [0.25, 0.3) is 0 Å². The van der Waals surface area contributed by atoms with Gasteiger partial charge in [0.2, 0.25) is 0 Å². The number of hydrogen-bond acceptors (Lipinski definition) is 3. The second-order valence-corrected chi connectivity index (χ2v) is 2.80.